The van der Waals surface area contributed by atoms with Gasteiger partial charge in [0.05, 0.1) is 0 Å². The number of alkyl carbamates (subject to hydrolysis) is 4. The van der Waals surface area contributed by atoms with Gasteiger partial charge in [0.1, 0.15) is 31.8 Å². The van der Waals surface area contributed by atoms with Crippen LogP contribution < -0.4 is 21.3 Å². The van der Waals surface area contributed by atoms with Crippen LogP contribution in [0.3, 0.4) is 0 Å². The highest BCUT2D eigenvalue weighted by Crippen LogP contribution is 2.21. The molecule has 4 N–H and O–H groups in total. The Morgan fingerprint density at radius 1 is 0.485 bits per heavy atom. The molecule has 0 fully saturated rings. The van der Waals surface area contributed by atoms with E-state index < -0.39 is 29.8 Å². The van der Waals surface area contributed by atoms with Crippen molar-refractivity contribution in [1.29, 1.82) is 0 Å². The largest absolute Gasteiger partial charge is 0.449 e. The van der Waals surface area contributed by atoms with Gasteiger partial charge in [-0.3, -0.25) is 0 Å². The molecule has 192 valence electrons. The second-order valence-corrected chi connectivity index (χ2v) is 7.51. The highest BCUT2D eigenvalue weighted by Gasteiger charge is 2.38. The first-order chi connectivity index (χ1) is 15.8. The lowest BCUT2D eigenvalue weighted by Gasteiger charge is -2.31. The Bertz CT molecular complexity index is 487. The average Bonchev–Trinajstić information content (AvgIpc) is 2.82. The summed E-state index contributed by atoms with van der Waals surface area (Å²) in [7, 11) is 0. The Hall–Kier alpha value is -2.92. The summed E-state index contributed by atoms with van der Waals surface area (Å²) in [5.74, 6) is 0. The van der Waals surface area contributed by atoms with Crippen molar-refractivity contribution >= 4 is 24.4 Å². The number of ether oxygens (including phenoxy) is 4. The lowest BCUT2D eigenvalue weighted by atomic mass is 9.92. The molecule has 0 heterocycles. The zero-order chi connectivity index (χ0) is 25.0. The van der Waals surface area contributed by atoms with Crippen molar-refractivity contribution in [3.63, 3.8) is 0 Å². The highest BCUT2D eigenvalue weighted by molar-refractivity contribution is 5.69. The Morgan fingerprint density at radius 3 is 0.879 bits per heavy atom. The van der Waals surface area contributed by atoms with Gasteiger partial charge in [0, 0.05) is 26.2 Å². The molecule has 0 bridgehead atoms. The van der Waals surface area contributed by atoms with E-state index in [2.05, 4.69) is 21.3 Å². The predicted octanol–water partition coefficient (Wildman–Crippen LogP) is 2.52. The third-order valence-electron chi connectivity index (χ3n) is 4.12. The van der Waals surface area contributed by atoms with E-state index in [9.17, 15) is 19.2 Å². The number of carbonyl (C=O) groups is 4. The highest BCUT2D eigenvalue weighted by atomic mass is 16.6. The van der Waals surface area contributed by atoms with Crippen molar-refractivity contribution in [1.82, 2.24) is 21.3 Å². The van der Waals surface area contributed by atoms with Crippen LogP contribution in [0.5, 0.6) is 0 Å². The standard InChI is InChI=1S/C21H40N4O8/c1-5-9-22-17(26)30-13-21(14-31-18(27)23-10-6-2,15-32-19(28)24-11-7-3)16-33-20(29)25-12-8-4/h5-16H2,1-4H3,(H,22,26)(H,23,27)(H,24,28)(H,25,29). The van der Waals surface area contributed by atoms with Gasteiger partial charge in [-0.2, -0.15) is 0 Å². The van der Waals surface area contributed by atoms with Gasteiger partial charge in [-0.05, 0) is 25.7 Å². The quantitative estimate of drug-likeness (QED) is 0.248. The Morgan fingerprint density at radius 2 is 0.697 bits per heavy atom. The minimum Gasteiger partial charge on any atom is -0.449 e. The van der Waals surface area contributed by atoms with Crippen molar-refractivity contribution in [3.8, 4) is 0 Å². The van der Waals surface area contributed by atoms with Crippen LogP contribution in [0, 0.1) is 5.41 Å². The smallest absolute Gasteiger partial charge is 0.407 e. The van der Waals surface area contributed by atoms with E-state index in [0.717, 1.165) is 0 Å². The first-order valence-corrected chi connectivity index (χ1v) is 11.4. The number of hydrogen-bond donors (Lipinski definition) is 4. The van der Waals surface area contributed by atoms with E-state index >= 15 is 0 Å². The molecule has 0 spiro atoms. The van der Waals surface area contributed by atoms with Crippen molar-refractivity contribution in [3.05, 3.63) is 0 Å². The molecular formula is C21H40N4O8. The fourth-order valence-electron chi connectivity index (χ4n) is 2.24. The maximum absolute atomic E-state index is 12.0. The molecule has 4 amide bonds. The van der Waals surface area contributed by atoms with Crippen LogP contribution >= 0.6 is 0 Å². The van der Waals surface area contributed by atoms with E-state index in [1.54, 1.807) is 0 Å². The zero-order valence-electron chi connectivity index (χ0n) is 20.3. The molecule has 0 rings (SSSR count). The van der Waals surface area contributed by atoms with Gasteiger partial charge < -0.3 is 40.2 Å². The third-order valence-corrected chi connectivity index (χ3v) is 4.12. The maximum atomic E-state index is 12.0. The minimum absolute atomic E-state index is 0.328. The first-order valence-electron chi connectivity index (χ1n) is 11.4. The average molecular weight is 477 g/mol. The summed E-state index contributed by atoms with van der Waals surface area (Å²) in [5, 5.41) is 10.2. The summed E-state index contributed by atoms with van der Waals surface area (Å²) < 4.78 is 21.1. The van der Waals surface area contributed by atoms with Gasteiger partial charge in [-0.15, -0.1) is 0 Å². The molecule has 0 aromatic carbocycles. The lowest BCUT2D eigenvalue weighted by Crippen LogP contribution is -2.47. The molecule has 0 aliphatic rings. The van der Waals surface area contributed by atoms with E-state index in [4.69, 9.17) is 18.9 Å². The number of carbonyl (C=O) groups excluding carboxylic acids is 4. The van der Waals surface area contributed by atoms with Crippen LogP contribution in [-0.4, -0.2) is 77.0 Å². The monoisotopic (exact) mass is 476 g/mol. The second-order valence-electron chi connectivity index (χ2n) is 7.51. The van der Waals surface area contributed by atoms with E-state index in [0.29, 0.717) is 51.9 Å². The van der Waals surface area contributed by atoms with Crippen molar-refractivity contribution in [2.24, 2.45) is 5.41 Å². The molecule has 0 radical (unpaired) electrons. The molecular weight excluding hydrogens is 436 g/mol. The van der Waals surface area contributed by atoms with Gasteiger partial charge in [0.2, 0.25) is 0 Å². The molecule has 0 saturated heterocycles. The summed E-state index contributed by atoms with van der Waals surface area (Å²) >= 11 is 0. The Kier molecular flexibility index (Phi) is 17.0. The number of amides is 4. The Balaban J connectivity index is 5.42. The number of hydrogen-bond acceptors (Lipinski definition) is 8. The van der Waals surface area contributed by atoms with Gasteiger partial charge >= 0.3 is 24.4 Å². The van der Waals surface area contributed by atoms with Gasteiger partial charge in [-0.1, -0.05) is 27.7 Å². The fraction of sp³-hybridized carbons (Fsp3) is 0.810. The molecule has 12 nitrogen and oxygen atoms in total. The summed E-state index contributed by atoms with van der Waals surface area (Å²) in [6.07, 6.45) is 0.0743. The van der Waals surface area contributed by atoms with Crippen molar-refractivity contribution < 1.29 is 38.1 Å². The van der Waals surface area contributed by atoms with E-state index in [-0.39, 0.29) is 26.4 Å². The summed E-state index contributed by atoms with van der Waals surface area (Å²) in [4.78, 5) is 48.0. The van der Waals surface area contributed by atoms with Crippen LogP contribution in [0.25, 0.3) is 0 Å². The van der Waals surface area contributed by atoms with Crippen molar-refractivity contribution in [2.75, 3.05) is 52.6 Å². The van der Waals surface area contributed by atoms with Gasteiger partial charge in [0.25, 0.3) is 0 Å². The van der Waals surface area contributed by atoms with E-state index in [1.165, 1.54) is 0 Å². The molecule has 0 atom stereocenters. The fourth-order valence-corrected chi connectivity index (χ4v) is 2.24. The van der Waals surface area contributed by atoms with Crippen LogP contribution in [0.15, 0.2) is 0 Å². The number of rotatable bonds is 16. The predicted molar refractivity (Wildman–Crippen MR) is 121 cm³/mol. The molecule has 0 aliphatic heterocycles. The molecule has 33 heavy (non-hydrogen) atoms. The SMILES string of the molecule is CCCNC(=O)OCC(COC(=O)NCCC)(COC(=O)NCCC)COC(=O)NCCC. The third kappa shape index (κ3) is 15.5. The first kappa shape index (κ1) is 30.1. The molecule has 0 unspecified atom stereocenters. The second kappa shape index (κ2) is 18.6. The van der Waals surface area contributed by atoms with Gasteiger partial charge in [0.15, 0.2) is 0 Å². The zero-order valence-corrected chi connectivity index (χ0v) is 20.3. The number of nitrogens with one attached hydrogen (secondary N) is 4. The molecule has 0 saturated carbocycles. The van der Waals surface area contributed by atoms with Crippen LogP contribution in [0.4, 0.5) is 19.2 Å². The van der Waals surface area contributed by atoms with Crippen molar-refractivity contribution in [2.45, 2.75) is 53.4 Å². The summed E-state index contributed by atoms with van der Waals surface area (Å²) in [6.45, 7) is 7.88. The molecule has 0 aromatic rings. The normalized spacial score (nSPS) is 10.5. The topological polar surface area (TPSA) is 153 Å². The molecule has 0 aromatic heterocycles. The molecule has 0 aliphatic carbocycles. The van der Waals surface area contributed by atoms with Crippen LogP contribution in [-0.2, 0) is 18.9 Å². The summed E-state index contributed by atoms with van der Waals surface area (Å²) in [6, 6.07) is 0. The Labute approximate surface area is 195 Å². The minimum atomic E-state index is -1.32. The van der Waals surface area contributed by atoms with Crippen LogP contribution in [0.1, 0.15) is 53.4 Å². The maximum Gasteiger partial charge on any atom is 0.407 e. The molecule has 12 heteroatoms. The van der Waals surface area contributed by atoms with E-state index in [1.807, 2.05) is 27.7 Å². The summed E-state index contributed by atoms with van der Waals surface area (Å²) in [5.41, 5.74) is -1.32. The van der Waals surface area contributed by atoms with Crippen LogP contribution in [0.2, 0.25) is 0 Å². The lowest BCUT2D eigenvalue weighted by molar-refractivity contribution is -0.0486. The van der Waals surface area contributed by atoms with Gasteiger partial charge in [-0.25, -0.2) is 19.2 Å².